The van der Waals surface area contributed by atoms with E-state index in [0.29, 0.717) is 17.9 Å². The number of pyridine rings is 1. The first-order valence-electron chi connectivity index (χ1n) is 11.4. The Labute approximate surface area is 193 Å². The fourth-order valence-corrected chi connectivity index (χ4v) is 4.63. The highest BCUT2D eigenvalue weighted by Crippen LogP contribution is 2.34. The lowest BCUT2D eigenvalue weighted by Gasteiger charge is -2.26. The lowest BCUT2D eigenvalue weighted by Crippen LogP contribution is -2.29. The summed E-state index contributed by atoms with van der Waals surface area (Å²) in [6.45, 7) is 4.12. The highest BCUT2D eigenvalue weighted by atomic mass is 16.1. The summed E-state index contributed by atoms with van der Waals surface area (Å²) in [4.78, 5) is 29.2. The molecule has 0 spiro atoms. The maximum absolute atomic E-state index is 13.1. The number of nitrogens with zero attached hydrogens (tertiary/aromatic N) is 4. The van der Waals surface area contributed by atoms with Gasteiger partial charge >= 0.3 is 0 Å². The van der Waals surface area contributed by atoms with Crippen LogP contribution in [0.25, 0.3) is 10.9 Å². The summed E-state index contributed by atoms with van der Waals surface area (Å²) in [6, 6.07) is 20.3. The number of likely N-dealkylation sites (tertiary alicyclic amines) is 1. The summed E-state index contributed by atoms with van der Waals surface area (Å²) in [5, 5.41) is 4.21. The Morgan fingerprint density at radius 2 is 1.88 bits per heavy atom. The van der Waals surface area contributed by atoms with Crippen LogP contribution in [0.5, 0.6) is 0 Å². The minimum atomic E-state index is -0.130. The zero-order valence-corrected chi connectivity index (χ0v) is 18.7. The molecule has 6 heteroatoms. The van der Waals surface area contributed by atoms with Crippen molar-refractivity contribution in [3.63, 3.8) is 0 Å². The molecule has 6 nitrogen and oxygen atoms in total. The fourth-order valence-electron chi connectivity index (χ4n) is 4.63. The van der Waals surface area contributed by atoms with Gasteiger partial charge in [-0.05, 0) is 49.6 Å². The van der Waals surface area contributed by atoms with Gasteiger partial charge in [-0.15, -0.1) is 0 Å². The number of nitrogens with one attached hydrogen (secondary N) is 1. The molecule has 3 heterocycles. The van der Waals surface area contributed by atoms with Crippen LogP contribution in [0, 0.1) is 6.92 Å². The van der Waals surface area contributed by atoms with Gasteiger partial charge in [0.15, 0.2) is 0 Å². The molecule has 0 aliphatic carbocycles. The Morgan fingerprint density at radius 1 is 1.06 bits per heavy atom. The van der Waals surface area contributed by atoms with Crippen LogP contribution in [0.2, 0.25) is 0 Å². The number of amides is 1. The smallest absolute Gasteiger partial charge is 0.255 e. The highest BCUT2D eigenvalue weighted by molar-refractivity contribution is 5.95. The summed E-state index contributed by atoms with van der Waals surface area (Å²) in [6.07, 6.45) is 5.59. The topological polar surface area (TPSA) is 71.0 Å². The van der Waals surface area contributed by atoms with E-state index in [-0.39, 0.29) is 11.9 Å². The van der Waals surface area contributed by atoms with Crippen LogP contribution in [-0.2, 0) is 13.1 Å². The normalized spacial score (nSPS) is 16.2. The number of benzene rings is 2. The molecule has 0 saturated carbocycles. The number of rotatable bonds is 6. The van der Waals surface area contributed by atoms with Crippen LogP contribution in [-0.4, -0.2) is 32.3 Å². The highest BCUT2D eigenvalue weighted by Gasteiger charge is 2.31. The number of aromatic nitrogens is 3. The molecule has 1 atom stereocenters. The van der Waals surface area contributed by atoms with Gasteiger partial charge in [0, 0.05) is 30.9 Å². The third kappa shape index (κ3) is 4.61. The molecule has 0 radical (unpaired) electrons. The molecule has 0 unspecified atom stereocenters. The van der Waals surface area contributed by atoms with Gasteiger partial charge in [0.05, 0.1) is 22.8 Å². The van der Waals surface area contributed by atoms with Crippen LogP contribution >= 0.6 is 0 Å². The van der Waals surface area contributed by atoms with Crippen molar-refractivity contribution in [2.45, 2.75) is 38.9 Å². The van der Waals surface area contributed by atoms with Crippen molar-refractivity contribution in [1.29, 1.82) is 0 Å². The molecular weight excluding hydrogens is 410 g/mol. The van der Waals surface area contributed by atoms with E-state index in [0.717, 1.165) is 42.7 Å². The first-order valence-corrected chi connectivity index (χ1v) is 11.4. The van der Waals surface area contributed by atoms with Gasteiger partial charge in [0.1, 0.15) is 5.82 Å². The van der Waals surface area contributed by atoms with Crippen molar-refractivity contribution in [2.75, 3.05) is 6.54 Å². The largest absolute Gasteiger partial charge is 0.348 e. The standard InChI is InChI=1S/C27H27N5O/c1-19-29-17-23(27(33)30-16-20-8-3-2-4-9-20)26(31-19)25-12-7-15-32(25)18-21-13-14-28-24-11-6-5-10-22(21)24/h2-6,8-11,13-14,17,25H,7,12,15-16,18H2,1H3,(H,30,33)/t25-/m0/s1. The molecule has 4 aromatic rings. The van der Waals surface area contributed by atoms with Gasteiger partial charge in [-0.25, -0.2) is 9.97 Å². The average molecular weight is 438 g/mol. The predicted octanol–water partition coefficient (Wildman–Crippen LogP) is 4.60. The second-order valence-electron chi connectivity index (χ2n) is 8.50. The lowest BCUT2D eigenvalue weighted by molar-refractivity contribution is 0.0946. The average Bonchev–Trinajstić information content (AvgIpc) is 3.31. The maximum atomic E-state index is 13.1. The molecule has 1 amide bonds. The van der Waals surface area contributed by atoms with E-state index in [4.69, 9.17) is 4.98 Å². The summed E-state index contributed by atoms with van der Waals surface area (Å²) in [5.74, 6) is 0.556. The fraction of sp³-hybridized carbons (Fsp3) is 0.259. The Kier molecular flexibility index (Phi) is 6.09. The van der Waals surface area contributed by atoms with Crippen LogP contribution in [0.3, 0.4) is 0 Å². The summed E-state index contributed by atoms with van der Waals surface area (Å²) >= 11 is 0. The number of para-hydroxylation sites is 1. The first kappa shape index (κ1) is 21.2. The van der Waals surface area contributed by atoms with E-state index < -0.39 is 0 Å². The van der Waals surface area contributed by atoms with Gasteiger partial charge in [0.2, 0.25) is 0 Å². The quantitative estimate of drug-likeness (QED) is 0.477. The summed E-state index contributed by atoms with van der Waals surface area (Å²) in [7, 11) is 0. The molecule has 0 bridgehead atoms. The Bertz CT molecular complexity index is 1270. The van der Waals surface area contributed by atoms with E-state index in [2.05, 4.69) is 38.4 Å². The number of aryl methyl sites for hydroxylation is 1. The lowest BCUT2D eigenvalue weighted by atomic mass is 10.0. The van der Waals surface area contributed by atoms with Crippen molar-refractivity contribution in [3.8, 4) is 0 Å². The Morgan fingerprint density at radius 3 is 2.76 bits per heavy atom. The zero-order valence-electron chi connectivity index (χ0n) is 18.7. The van der Waals surface area contributed by atoms with E-state index >= 15 is 0 Å². The van der Waals surface area contributed by atoms with Gasteiger partial charge in [-0.1, -0.05) is 48.5 Å². The van der Waals surface area contributed by atoms with Crippen LogP contribution in [0.15, 0.2) is 73.1 Å². The van der Waals surface area contributed by atoms with Crippen LogP contribution in [0.1, 0.15) is 51.9 Å². The molecule has 1 N–H and O–H groups in total. The van der Waals surface area contributed by atoms with E-state index in [1.54, 1.807) is 6.20 Å². The van der Waals surface area contributed by atoms with E-state index in [1.807, 2.05) is 55.6 Å². The van der Waals surface area contributed by atoms with Crippen LogP contribution < -0.4 is 5.32 Å². The van der Waals surface area contributed by atoms with Crippen molar-refractivity contribution in [2.24, 2.45) is 0 Å². The molecule has 1 saturated heterocycles. The molecule has 1 fully saturated rings. The molecule has 1 aliphatic rings. The van der Waals surface area contributed by atoms with Crippen molar-refractivity contribution in [3.05, 3.63) is 101 Å². The minimum Gasteiger partial charge on any atom is -0.348 e. The van der Waals surface area contributed by atoms with E-state index in [1.165, 1.54) is 10.9 Å². The summed E-state index contributed by atoms with van der Waals surface area (Å²) < 4.78 is 0. The maximum Gasteiger partial charge on any atom is 0.255 e. The van der Waals surface area contributed by atoms with Crippen molar-refractivity contribution in [1.82, 2.24) is 25.2 Å². The number of fused-ring (bicyclic) bond motifs is 1. The van der Waals surface area contributed by atoms with Crippen molar-refractivity contribution < 1.29 is 4.79 Å². The molecular formula is C27H27N5O. The third-order valence-corrected chi connectivity index (χ3v) is 6.27. The number of hydrogen-bond donors (Lipinski definition) is 1. The molecule has 2 aromatic carbocycles. The Balaban J connectivity index is 1.40. The number of carbonyl (C=O) groups excluding carboxylic acids is 1. The zero-order chi connectivity index (χ0) is 22.6. The molecule has 5 rings (SSSR count). The van der Waals surface area contributed by atoms with Gasteiger partial charge in [-0.3, -0.25) is 14.7 Å². The second-order valence-corrected chi connectivity index (χ2v) is 8.50. The van der Waals surface area contributed by atoms with Gasteiger partial charge in [0.25, 0.3) is 5.91 Å². The molecule has 2 aromatic heterocycles. The second kappa shape index (κ2) is 9.46. The predicted molar refractivity (Wildman–Crippen MR) is 129 cm³/mol. The number of hydrogen-bond acceptors (Lipinski definition) is 5. The van der Waals surface area contributed by atoms with Crippen molar-refractivity contribution >= 4 is 16.8 Å². The van der Waals surface area contributed by atoms with Crippen LogP contribution in [0.4, 0.5) is 0 Å². The first-order chi connectivity index (χ1) is 16.2. The number of carbonyl (C=O) groups is 1. The van der Waals surface area contributed by atoms with E-state index in [9.17, 15) is 4.79 Å². The molecule has 33 heavy (non-hydrogen) atoms. The molecule has 166 valence electrons. The van der Waals surface area contributed by atoms with Gasteiger partial charge < -0.3 is 5.32 Å². The molecule has 1 aliphatic heterocycles. The SMILES string of the molecule is Cc1ncc(C(=O)NCc2ccccc2)c([C@@H]2CCCN2Cc2ccnc3ccccc23)n1. The third-order valence-electron chi connectivity index (χ3n) is 6.27. The minimum absolute atomic E-state index is 0.0797. The Hall–Kier alpha value is -3.64. The van der Waals surface area contributed by atoms with Gasteiger partial charge in [-0.2, -0.15) is 0 Å². The monoisotopic (exact) mass is 437 g/mol. The summed E-state index contributed by atoms with van der Waals surface area (Å²) in [5.41, 5.74) is 4.70.